The van der Waals surface area contributed by atoms with Crippen LogP contribution in [0.2, 0.25) is 0 Å². The van der Waals surface area contributed by atoms with Crippen LogP contribution in [0.1, 0.15) is 33.6 Å². The fraction of sp³-hybridized carbons (Fsp3) is 0.500. The summed E-state index contributed by atoms with van der Waals surface area (Å²) in [5, 5.41) is 0.762. The SMILES string of the molecule is CN(C)/C=N/c1sc2c(c1C(N)=O)CCCC2. The van der Waals surface area contributed by atoms with E-state index in [4.69, 9.17) is 5.73 Å². The van der Waals surface area contributed by atoms with Gasteiger partial charge >= 0.3 is 0 Å². The fourth-order valence-corrected chi connectivity index (χ4v) is 3.30. The van der Waals surface area contributed by atoms with E-state index in [1.807, 2.05) is 19.0 Å². The number of fused-ring (bicyclic) bond motifs is 1. The Morgan fingerprint density at radius 1 is 1.41 bits per heavy atom. The number of aliphatic imine (C=N–C) groups is 1. The van der Waals surface area contributed by atoms with Gasteiger partial charge in [0.1, 0.15) is 5.00 Å². The molecule has 2 rings (SSSR count). The van der Waals surface area contributed by atoms with Crippen LogP contribution in [0.3, 0.4) is 0 Å². The van der Waals surface area contributed by atoms with Crippen LogP contribution in [0.4, 0.5) is 5.00 Å². The molecule has 92 valence electrons. The molecule has 5 heteroatoms. The van der Waals surface area contributed by atoms with E-state index in [0.717, 1.165) is 29.8 Å². The zero-order valence-electron chi connectivity index (χ0n) is 10.2. The molecule has 4 nitrogen and oxygen atoms in total. The van der Waals surface area contributed by atoms with Crippen molar-refractivity contribution in [3.8, 4) is 0 Å². The van der Waals surface area contributed by atoms with Gasteiger partial charge in [-0.25, -0.2) is 4.99 Å². The number of nitrogens with zero attached hydrogens (tertiary/aromatic N) is 2. The second-order valence-electron chi connectivity index (χ2n) is 4.46. The molecular weight excluding hydrogens is 234 g/mol. The van der Waals surface area contributed by atoms with Crippen molar-refractivity contribution in [2.75, 3.05) is 14.1 Å². The maximum Gasteiger partial charge on any atom is 0.252 e. The molecule has 0 bridgehead atoms. The summed E-state index contributed by atoms with van der Waals surface area (Å²) in [6.07, 6.45) is 6.06. The van der Waals surface area contributed by atoms with Gasteiger partial charge in [-0.3, -0.25) is 4.79 Å². The number of carbonyl (C=O) groups is 1. The Balaban J connectivity index is 2.44. The predicted molar refractivity (Wildman–Crippen MR) is 71.3 cm³/mol. The van der Waals surface area contributed by atoms with Gasteiger partial charge in [0, 0.05) is 19.0 Å². The maximum atomic E-state index is 11.5. The number of thiophene rings is 1. The molecule has 1 amide bonds. The number of primary amides is 1. The number of carbonyl (C=O) groups excluding carboxylic acids is 1. The Kier molecular flexibility index (Phi) is 3.47. The molecule has 2 N–H and O–H groups in total. The largest absolute Gasteiger partial charge is 0.369 e. The van der Waals surface area contributed by atoms with E-state index in [0.29, 0.717) is 5.56 Å². The molecule has 0 fully saturated rings. The fourth-order valence-electron chi connectivity index (χ4n) is 2.06. The van der Waals surface area contributed by atoms with Crippen LogP contribution in [0, 0.1) is 0 Å². The number of rotatable bonds is 3. The molecule has 1 aromatic rings. The molecule has 1 aromatic heterocycles. The first-order valence-corrected chi connectivity index (χ1v) is 6.56. The third-order valence-corrected chi connectivity index (χ3v) is 4.00. The summed E-state index contributed by atoms with van der Waals surface area (Å²) >= 11 is 1.61. The molecule has 0 unspecified atom stereocenters. The van der Waals surface area contributed by atoms with Crippen molar-refractivity contribution in [2.45, 2.75) is 25.7 Å². The molecular formula is C12H17N3OS. The molecule has 0 saturated carbocycles. The predicted octanol–water partition coefficient (Wildman–Crippen LogP) is 1.95. The summed E-state index contributed by atoms with van der Waals surface area (Å²) in [5.74, 6) is -0.352. The van der Waals surface area contributed by atoms with E-state index >= 15 is 0 Å². The van der Waals surface area contributed by atoms with Gasteiger partial charge in [0.15, 0.2) is 0 Å². The summed E-state index contributed by atoms with van der Waals surface area (Å²) in [4.78, 5) is 19.0. The van der Waals surface area contributed by atoms with Crippen LogP contribution in [0.5, 0.6) is 0 Å². The average Bonchev–Trinajstić information content (AvgIpc) is 2.64. The third-order valence-electron chi connectivity index (χ3n) is 2.81. The Bertz CT molecular complexity index is 463. The van der Waals surface area contributed by atoms with Crippen LogP contribution >= 0.6 is 11.3 Å². The van der Waals surface area contributed by atoms with Crippen LogP contribution in [-0.4, -0.2) is 31.2 Å². The summed E-state index contributed by atoms with van der Waals surface area (Å²) < 4.78 is 0. The van der Waals surface area contributed by atoms with E-state index in [1.165, 1.54) is 11.3 Å². The number of nitrogens with two attached hydrogens (primary N) is 1. The molecule has 0 spiro atoms. The first-order chi connectivity index (χ1) is 8.09. The Labute approximate surface area is 105 Å². The molecule has 0 saturated heterocycles. The van der Waals surface area contributed by atoms with Crippen LogP contribution in [0.15, 0.2) is 4.99 Å². The van der Waals surface area contributed by atoms with E-state index in [2.05, 4.69) is 4.99 Å². The number of hydrogen-bond donors (Lipinski definition) is 1. The van der Waals surface area contributed by atoms with Crippen molar-refractivity contribution in [3.05, 3.63) is 16.0 Å². The lowest BCUT2D eigenvalue weighted by Gasteiger charge is -2.10. The Morgan fingerprint density at radius 2 is 2.12 bits per heavy atom. The van der Waals surface area contributed by atoms with Gasteiger partial charge in [0.05, 0.1) is 11.9 Å². The normalized spacial score (nSPS) is 14.9. The van der Waals surface area contributed by atoms with Gasteiger partial charge in [-0.2, -0.15) is 0 Å². The smallest absolute Gasteiger partial charge is 0.252 e. The van der Waals surface area contributed by atoms with Crippen LogP contribution < -0.4 is 5.73 Å². The topological polar surface area (TPSA) is 58.7 Å². The van der Waals surface area contributed by atoms with Crippen molar-refractivity contribution in [3.63, 3.8) is 0 Å². The van der Waals surface area contributed by atoms with Crippen molar-refractivity contribution < 1.29 is 4.79 Å². The highest BCUT2D eigenvalue weighted by Gasteiger charge is 2.23. The minimum absolute atomic E-state index is 0.352. The highest BCUT2D eigenvalue weighted by atomic mass is 32.1. The van der Waals surface area contributed by atoms with Gasteiger partial charge in [0.25, 0.3) is 5.91 Å². The lowest BCUT2D eigenvalue weighted by atomic mass is 9.95. The molecule has 0 aliphatic heterocycles. The zero-order chi connectivity index (χ0) is 12.4. The van der Waals surface area contributed by atoms with E-state index in [1.54, 1.807) is 17.7 Å². The van der Waals surface area contributed by atoms with E-state index < -0.39 is 0 Å². The maximum absolute atomic E-state index is 11.5. The standard InChI is InChI=1S/C12H17N3OS/c1-15(2)7-14-12-10(11(13)16)8-5-3-4-6-9(8)17-12/h7H,3-6H2,1-2H3,(H2,13,16)/b14-7+. The second-order valence-corrected chi connectivity index (χ2v) is 5.55. The average molecular weight is 251 g/mol. The zero-order valence-corrected chi connectivity index (χ0v) is 11.0. The third kappa shape index (κ3) is 2.49. The molecule has 17 heavy (non-hydrogen) atoms. The van der Waals surface area contributed by atoms with Crippen molar-refractivity contribution in [1.82, 2.24) is 4.90 Å². The Hall–Kier alpha value is -1.36. The van der Waals surface area contributed by atoms with Crippen molar-refractivity contribution in [2.24, 2.45) is 10.7 Å². The van der Waals surface area contributed by atoms with Gasteiger partial charge in [-0.15, -0.1) is 11.3 Å². The molecule has 1 aliphatic carbocycles. The lowest BCUT2D eigenvalue weighted by Crippen LogP contribution is -2.14. The summed E-state index contributed by atoms with van der Waals surface area (Å²) in [6, 6.07) is 0. The van der Waals surface area contributed by atoms with Crippen LogP contribution in [0.25, 0.3) is 0 Å². The van der Waals surface area contributed by atoms with E-state index in [-0.39, 0.29) is 5.91 Å². The van der Waals surface area contributed by atoms with Gasteiger partial charge in [-0.05, 0) is 31.2 Å². The van der Waals surface area contributed by atoms with Gasteiger partial charge < -0.3 is 10.6 Å². The van der Waals surface area contributed by atoms with Crippen molar-refractivity contribution in [1.29, 1.82) is 0 Å². The first-order valence-electron chi connectivity index (χ1n) is 5.74. The number of amides is 1. The lowest BCUT2D eigenvalue weighted by molar-refractivity contribution is 0.100. The quantitative estimate of drug-likeness (QED) is 0.659. The minimum Gasteiger partial charge on any atom is -0.369 e. The molecule has 1 aliphatic rings. The van der Waals surface area contributed by atoms with Gasteiger partial charge in [-0.1, -0.05) is 0 Å². The van der Waals surface area contributed by atoms with E-state index in [9.17, 15) is 4.79 Å². The highest BCUT2D eigenvalue weighted by Crippen LogP contribution is 2.39. The molecule has 0 aromatic carbocycles. The summed E-state index contributed by atoms with van der Waals surface area (Å²) in [6.45, 7) is 0. The monoisotopic (exact) mass is 251 g/mol. The molecule has 1 heterocycles. The summed E-state index contributed by atoms with van der Waals surface area (Å²) in [7, 11) is 3.81. The minimum atomic E-state index is -0.352. The number of hydrogen-bond acceptors (Lipinski definition) is 3. The second kappa shape index (κ2) is 4.87. The van der Waals surface area contributed by atoms with Crippen LogP contribution in [-0.2, 0) is 12.8 Å². The Morgan fingerprint density at radius 3 is 2.76 bits per heavy atom. The molecule has 0 atom stereocenters. The number of aryl methyl sites for hydroxylation is 1. The van der Waals surface area contributed by atoms with Gasteiger partial charge in [0.2, 0.25) is 0 Å². The summed E-state index contributed by atoms with van der Waals surface area (Å²) in [5.41, 5.74) is 7.25. The first kappa shape index (κ1) is 12.1. The highest BCUT2D eigenvalue weighted by molar-refractivity contribution is 7.16. The molecule has 0 radical (unpaired) electrons. The van der Waals surface area contributed by atoms with Crippen molar-refractivity contribution >= 4 is 28.6 Å².